The predicted molar refractivity (Wildman–Crippen MR) is 63.8 cm³/mol. The first-order chi connectivity index (χ1) is 7.28. The molecule has 15 heavy (non-hydrogen) atoms. The molecule has 0 saturated carbocycles. The highest BCUT2D eigenvalue weighted by molar-refractivity contribution is 9.11. The summed E-state index contributed by atoms with van der Waals surface area (Å²) in [4.78, 5) is 1.26. The molecule has 0 atom stereocenters. The summed E-state index contributed by atoms with van der Waals surface area (Å²) < 4.78 is 6.40. The third-order valence-electron chi connectivity index (χ3n) is 1.59. The SMILES string of the molecule is NCc1nnc(SCc2ccc(Br)s2)o1. The molecule has 2 N–H and O–H groups in total. The number of thiophene rings is 1. The molecule has 0 unspecified atom stereocenters. The molecule has 80 valence electrons. The molecule has 2 rings (SSSR count). The highest BCUT2D eigenvalue weighted by Crippen LogP contribution is 2.28. The predicted octanol–water partition coefficient (Wildman–Crippen LogP) is 2.64. The molecule has 7 heteroatoms. The van der Waals surface area contributed by atoms with E-state index in [9.17, 15) is 0 Å². The van der Waals surface area contributed by atoms with Crippen LogP contribution >= 0.6 is 39.0 Å². The highest BCUT2D eigenvalue weighted by Gasteiger charge is 2.06. The van der Waals surface area contributed by atoms with Crippen LogP contribution in [0.2, 0.25) is 0 Å². The number of thioether (sulfide) groups is 1. The monoisotopic (exact) mass is 305 g/mol. The van der Waals surface area contributed by atoms with Gasteiger partial charge in [-0.15, -0.1) is 21.5 Å². The number of aromatic nitrogens is 2. The van der Waals surface area contributed by atoms with E-state index in [0.717, 1.165) is 9.54 Å². The zero-order valence-electron chi connectivity index (χ0n) is 7.64. The summed E-state index contributed by atoms with van der Waals surface area (Å²) in [5.74, 6) is 1.31. The van der Waals surface area contributed by atoms with E-state index in [0.29, 0.717) is 11.1 Å². The lowest BCUT2D eigenvalue weighted by Gasteiger charge is -1.91. The summed E-state index contributed by atoms with van der Waals surface area (Å²) in [7, 11) is 0. The number of halogens is 1. The second-order valence-corrected chi connectivity index (χ2v) is 6.13. The van der Waals surface area contributed by atoms with Crippen molar-refractivity contribution in [2.75, 3.05) is 0 Å². The van der Waals surface area contributed by atoms with Crippen LogP contribution < -0.4 is 5.73 Å². The van der Waals surface area contributed by atoms with Crippen molar-refractivity contribution in [2.45, 2.75) is 17.5 Å². The fourth-order valence-electron chi connectivity index (χ4n) is 0.941. The van der Waals surface area contributed by atoms with Crippen LogP contribution in [0.15, 0.2) is 25.6 Å². The molecule has 4 nitrogen and oxygen atoms in total. The van der Waals surface area contributed by atoms with Crippen LogP contribution in [0.4, 0.5) is 0 Å². The van der Waals surface area contributed by atoms with Crippen molar-refractivity contribution in [1.82, 2.24) is 10.2 Å². The first kappa shape index (κ1) is 11.1. The van der Waals surface area contributed by atoms with Crippen molar-refractivity contribution in [1.29, 1.82) is 0 Å². The summed E-state index contributed by atoms with van der Waals surface area (Å²) in [6, 6.07) is 4.10. The fourth-order valence-corrected chi connectivity index (χ4v) is 3.25. The Balaban J connectivity index is 1.93. The molecule has 0 fully saturated rings. The van der Waals surface area contributed by atoms with Crippen LogP contribution in [0, 0.1) is 0 Å². The van der Waals surface area contributed by atoms with Gasteiger partial charge in [-0.3, -0.25) is 0 Å². The molecule has 2 aromatic rings. The molecule has 0 aliphatic heterocycles. The van der Waals surface area contributed by atoms with E-state index in [1.54, 1.807) is 11.3 Å². The molecule has 0 aromatic carbocycles. The van der Waals surface area contributed by atoms with E-state index in [4.69, 9.17) is 10.2 Å². The van der Waals surface area contributed by atoms with Crippen molar-refractivity contribution >= 4 is 39.0 Å². The first-order valence-corrected chi connectivity index (χ1v) is 6.77. The lowest BCUT2D eigenvalue weighted by Crippen LogP contribution is -1.95. The zero-order chi connectivity index (χ0) is 10.7. The Bertz CT molecular complexity index is 443. The third-order valence-corrected chi connectivity index (χ3v) is 4.26. The molecule has 0 aliphatic carbocycles. The first-order valence-electron chi connectivity index (χ1n) is 4.17. The van der Waals surface area contributed by atoms with Crippen LogP contribution in [0.1, 0.15) is 10.8 Å². The molecule has 0 saturated heterocycles. The van der Waals surface area contributed by atoms with Gasteiger partial charge in [-0.05, 0) is 28.1 Å². The van der Waals surface area contributed by atoms with Crippen molar-refractivity contribution < 1.29 is 4.42 Å². The number of nitrogens with zero attached hydrogens (tertiary/aromatic N) is 2. The summed E-state index contributed by atoms with van der Waals surface area (Å²) in [5, 5.41) is 8.22. The normalized spacial score (nSPS) is 10.8. The molecule has 0 amide bonds. The Morgan fingerprint density at radius 2 is 2.33 bits per heavy atom. The van der Waals surface area contributed by atoms with E-state index in [2.05, 4.69) is 32.2 Å². The average molecular weight is 306 g/mol. The maximum atomic E-state index is 5.36. The van der Waals surface area contributed by atoms with Crippen LogP contribution in [-0.2, 0) is 12.3 Å². The topological polar surface area (TPSA) is 64.9 Å². The van der Waals surface area contributed by atoms with Gasteiger partial charge in [0.25, 0.3) is 5.22 Å². The summed E-state index contributed by atoms with van der Waals surface area (Å²) in [5.41, 5.74) is 5.36. The standard InChI is InChI=1S/C8H8BrN3OS2/c9-6-2-1-5(15-6)4-14-8-12-11-7(3-10)13-8/h1-2H,3-4,10H2. The van der Waals surface area contributed by atoms with E-state index < -0.39 is 0 Å². The van der Waals surface area contributed by atoms with Crippen LogP contribution in [0.25, 0.3) is 0 Å². The maximum Gasteiger partial charge on any atom is 0.276 e. The van der Waals surface area contributed by atoms with E-state index in [1.165, 1.54) is 16.6 Å². The number of hydrogen-bond acceptors (Lipinski definition) is 6. The van der Waals surface area contributed by atoms with Crippen LogP contribution in [-0.4, -0.2) is 10.2 Å². The van der Waals surface area contributed by atoms with Gasteiger partial charge in [-0.1, -0.05) is 11.8 Å². The van der Waals surface area contributed by atoms with Gasteiger partial charge in [0.1, 0.15) is 0 Å². The Morgan fingerprint density at radius 3 is 2.93 bits per heavy atom. The second kappa shape index (κ2) is 5.11. The smallest absolute Gasteiger partial charge is 0.276 e. The lowest BCUT2D eigenvalue weighted by molar-refractivity contribution is 0.415. The minimum atomic E-state index is 0.290. The molecule has 0 bridgehead atoms. The fraction of sp³-hybridized carbons (Fsp3) is 0.250. The summed E-state index contributed by atoms with van der Waals surface area (Å²) in [6.45, 7) is 0.290. The largest absolute Gasteiger partial charge is 0.415 e. The van der Waals surface area contributed by atoms with Crippen molar-refractivity contribution in [3.8, 4) is 0 Å². The van der Waals surface area contributed by atoms with Gasteiger partial charge in [0.15, 0.2) is 0 Å². The van der Waals surface area contributed by atoms with Gasteiger partial charge in [0, 0.05) is 10.6 Å². The number of nitrogens with two attached hydrogens (primary N) is 1. The van der Waals surface area contributed by atoms with Gasteiger partial charge < -0.3 is 10.2 Å². The molecular formula is C8H8BrN3OS2. The Labute approximate surface area is 103 Å². The van der Waals surface area contributed by atoms with E-state index in [1.807, 2.05) is 6.07 Å². The molecule has 2 heterocycles. The van der Waals surface area contributed by atoms with Gasteiger partial charge in [0.2, 0.25) is 5.89 Å². The molecular weight excluding hydrogens is 298 g/mol. The Kier molecular flexibility index (Phi) is 3.79. The van der Waals surface area contributed by atoms with Gasteiger partial charge in [0.05, 0.1) is 10.3 Å². The average Bonchev–Trinajstić information content (AvgIpc) is 2.83. The summed E-state index contributed by atoms with van der Waals surface area (Å²) in [6.07, 6.45) is 0. The minimum absolute atomic E-state index is 0.290. The number of rotatable bonds is 4. The Hall–Kier alpha value is -0.370. The second-order valence-electron chi connectivity index (χ2n) is 2.66. The molecule has 2 aromatic heterocycles. The van der Waals surface area contributed by atoms with Gasteiger partial charge in [-0.2, -0.15) is 0 Å². The third kappa shape index (κ3) is 3.04. The van der Waals surface area contributed by atoms with Crippen molar-refractivity contribution in [3.63, 3.8) is 0 Å². The minimum Gasteiger partial charge on any atom is -0.415 e. The molecule has 0 aliphatic rings. The number of hydrogen-bond donors (Lipinski definition) is 1. The van der Waals surface area contributed by atoms with Gasteiger partial charge >= 0.3 is 0 Å². The Morgan fingerprint density at radius 1 is 1.47 bits per heavy atom. The van der Waals surface area contributed by atoms with E-state index in [-0.39, 0.29) is 6.54 Å². The maximum absolute atomic E-state index is 5.36. The molecule has 0 radical (unpaired) electrons. The van der Waals surface area contributed by atoms with Gasteiger partial charge in [-0.25, -0.2) is 0 Å². The van der Waals surface area contributed by atoms with Crippen molar-refractivity contribution in [3.05, 3.63) is 26.7 Å². The van der Waals surface area contributed by atoms with Crippen molar-refractivity contribution in [2.24, 2.45) is 5.73 Å². The highest BCUT2D eigenvalue weighted by atomic mass is 79.9. The van der Waals surface area contributed by atoms with Crippen LogP contribution in [0.5, 0.6) is 0 Å². The lowest BCUT2D eigenvalue weighted by atomic mass is 10.5. The zero-order valence-corrected chi connectivity index (χ0v) is 10.9. The van der Waals surface area contributed by atoms with E-state index >= 15 is 0 Å². The quantitative estimate of drug-likeness (QED) is 0.880. The summed E-state index contributed by atoms with van der Waals surface area (Å²) >= 11 is 6.63. The van der Waals surface area contributed by atoms with Crippen LogP contribution in [0.3, 0.4) is 0 Å². The molecule has 0 spiro atoms.